The molecule has 162 valence electrons. The number of hydrogen-bond donors (Lipinski definition) is 3. The fraction of sp³-hybridized carbons (Fsp3) is 0.227. The molecule has 1 heterocycles. The molecule has 0 aromatic heterocycles. The van der Waals surface area contributed by atoms with Gasteiger partial charge in [0.1, 0.15) is 18.0 Å². The molecule has 0 saturated heterocycles. The van der Waals surface area contributed by atoms with Crippen LogP contribution in [-0.2, 0) is 23.9 Å². The molecular formula is C22H21NO8. The van der Waals surface area contributed by atoms with Crippen LogP contribution in [0.3, 0.4) is 0 Å². The van der Waals surface area contributed by atoms with Crippen molar-refractivity contribution in [2.24, 2.45) is 0 Å². The molecule has 1 unspecified atom stereocenters. The van der Waals surface area contributed by atoms with Gasteiger partial charge in [-0.3, -0.25) is 14.5 Å². The summed E-state index contributed by atoms with van der Waals surface area (Å²) in [6.45, 7) is 0.917. The fourth-order valence-corrected chi connectivity index (χ4v) is 3.44. The number of aromatic hydroxyl groups is 2. The molecule has 3 N–H and O–H groups in total. The summed E-state index contributed by atoms with van der Waals surface area (Å²) >= 11 is 0. The maximum Gasteiger partial charge on any atom is 0.364 e. The third-order valence-corrected chi connectivity index (χ3v) is 4.82. The lowest BCUT2D eigenvalue weighted by molar-refractivity contribution is -0.178. The van der Waals surface area contributed by atoms with E-state index in [1.54, 1.807) is 6.92 Å². The summed E-state index contributed by atoms with van der Waals surface area (Å²) in [6, 6.07) is 11.0. The number of amides is 1. The van der Waals surface area contributed by atoms with Crippen molar-refractivity contribution in [2.45, 2.75) is 12.6 Å². The number of esters is 2. The molecule has 1 amide bonds. The van der Waals surface area contributed by atoms with E-state index in [2.05, 4.69) is 0 Å². The number of rotatable bonds is 6. The number of hydrogen-bond acceptors (Lipinski definition) is 8. The molecule has 9 heteroatoms. The van der Waals surface area contributed by atoms with Crippen LogP contribution in [0, 0.1) is 0 Å². The lowest BCUT2D eigenvalue weighted by Crippen LogP contribution is -2.56. The van der Waals surface area contributed by atoms with Crippen LogP contribution in [0.2, 0.25) is 0 Å². The highest BCUT2D eigenvalue weighted by Gasteiger charge is 2.58. The van der Waals surface area contributed by atoms with Crippen molar-refractivity contribution in [3.8, 4) is 11.5 Å². The lowest BCUT2D eigenvalue weighted by atomic mass is 9.90. The van der Waals surface area contributed by atoms with Gasteiger partial charge >= 0.3 is 11.9 Å². The molecule has 2 aromatic rings. The second-order valence-corrected chi connectivity index (χ2v) is 6.70. The van der Waals surface area contributed by atoms with Crippen LogP contribution in [0.1, 0.15) is 18.1 Å². The maximum atomic E-state index is 13.4. The Kier molecular flexibility index (Phi) is 5.98. The molecule has 0 fully saturated rings. The number of ether oxygens (including phenoxy) is 2. The highest BCUT2D eigenvalue weighted by molar-refractivity contribution is 6.34. The minimum absolute atomic E-state index is 0.0422. The molecule has 2 aromatic carbocycles. The third-order valence-electron chi connectivity index (χ3n) is 4.82. The zero-order valence-electron chi connectivity index (χ0n) is 16.9. The first-order chi connectivity index (χ1) is 14.7. The van der Waals surface area contributed by atoms with Gasteiger partial charge in [0, 0.05) is 5.57 Å². The number of benzene rings is 2. The average Bonchev–Trinajstić information content (AvgIpc) is 2.97. The summed E-state index contributed by atoms with van der Waals surface area (Å²) in [6.07, 6.45) is 0. The van der Waals surface area contributed by atoms with Crippen LogP contribution in [0.5, 0.6) is 11.5 Å². The summed E-state index contributed by atoms with van der Waals surface area (Å²) in [7, 11) is 1.04. The highest BCUT2D eigenvalue weighted by Crippen LogP contribution is 2.45. The van der Waals surface area contributed by atoms with E-state index < -0.39 is 30.1 Å². The molecule has 0 aliphatic carbocycles. The highest BCUT2D eigenvalue weighted by atomic mass is 16.5. The molecule has 0 bridgehead atoms. The van der Waals surface area contributed by atoms with E-state index >= 15 is 0 Å². The molecular weight excluding hydrogens is 406 g/mol. The Morgan fingerprint density at radius 2 is 1.48 bits per heavy atom. The number of nitrogens with zero attached hydrogens (tertiary/aromatic N) is 1. The zero-order chi connectivity index (χ0) is 22.8. The van der Waals surface area contributed by atoms with Gasteiger partial charge in [0.15, 0.2) is 0 Å². The summed E-state index contributed by atoms with van der Waals surface area (Å²) in [5, 5.41) is 30.8. The van der Waals surface area contributed by atoms with Crippen molar-refractivity contribution in [2.75, 3.05) is 20.3 Å². The number of carbonyl (C=O) groups excluding carboxylic acids is 3. The standard InChI is InChI=1S/C22H21NO8/c1-3-31-17(26)12-23-20(27)18(13-4-8-15(24)9-5-13)19(22(23,29)21(28)30-2)14-6-10-16(25)11-7-14/h4-11,24-25,29H,3,12H2,1-2H3. The molecule has 0 spiro atoms. The second-order valence-electron chi connectivity index (χ2n) is 6.70. The van der Waals surface area contributed by atoms with E-state index in [1.807, 2.05) is 0 Å². The second kappa shape index (κ2) is 8.49. The first kappa shape index (κ1) is 21.8. The Bertz CT molecular complexity index is 1040. The van der Waals surface area contributed by atoms with Crippen LogP contribution in [0.25, 0.3) is 11.1 Å². The van der Waals surface area contributed by atoms with Gasteiger partial charge in [-0.1, -0.05) is 24.3 Å². The maximum absolute atomic E-state index is 13.4. The molecule has 0 radical (unpaired) electrons. The molecule has 1 aliphatic rings. The van der Waals surface area contributed by atoms with E-state index in [1.165, 1.54) is 48.5 Å². The van der Waals surface area contributed by atoms with Crippen LogP contribution in [-0.4, -0.2) is 64.1 Å². The van der Waals surface area contributed by atoms with Crippen LogP contribution in [0.15, 0.2) is 48.5 Å². The Morgan fingerprint density at radius 3 is 1.97 bits per heavy atom. The first-order valence-electron chi connectivity index (χ1n) is 9.36. The normalized spacial score (nSPS) is 18.3. The van der Waals surface area contributed by atoms with Crippen molar-refractivity contribution in [1.29, 1.82) is 0 Å². The first-order valence-corrected chi connectivity index (χ1v) is 9.36. The van der Waals surface area contributed by atoms with Gasteiger partial charge in [-0.05, 0) is 42.3 Å². The minimum atomic E-state index is -2.64. The van der Waals surface area contributed by atoms with Crippen molar-refractivity contribution in [3.63, 3.8) is 0 Å². The smallest absolute Gasteiger partial charge is 0.364 e. The van der Waals surface area contributed by atoms with E-state index in [4.69, 9.17) is 9.47 Å². The van der Waals surface area contributed by atoms with Gasteiger partial charge in [0.2, 0.25) is 0 Å². The van der Waals surface area contributed by atoms with E-state index in [0.717, 1.165) is 7.11 Å². The fourth-order valence-electron chi connectivity index (χ4n) is 3.44. The van der Waals surface area contributed by atoms with Crippen LogP contribution < -0.4 is 0 Å². The topological polar surface area (TPSA) is 134 Å². The van der Waals surface area contributed by atoms with Gasteiger partial charge in [0.05, 0.1) is 19.3 Å². The van der Waals surface area contributed by atoms with Crippen molar-refractivity contribution in [1.82, 2.24) is 4.90 Å². The number of phenols is 2. The van der Waals surface area contributed by atoms with Crippen molar-refractivity contribution in [3.05, 3.63) is 59.7 Å². The van der Waals surface area contributed by atoms with E-state index in [-0.39, 0.29) is 34.8 Å². The average molecular weight is 427 g/mol. The molecule has 0 saturated carbocycles. The lowest BCUT2D eigenvalue weighted by Gasteiger charge is -2.32. The van der Waals surface area contributed by atoms with Gasteiger partial charge < -0.3 is 24.8 Å². The quantitative estimate of drug-likeness (QED) is 0.587. The summed E-state index contributed by atoms with van der Waals surface area (Å²) in [5.41, 5.74) is -2.29. The molecule has 1 atom stereocenters. The number of aliphatic hydroxyl groups is 1. The summed E-state index contributed by atoms with van der Waals surface area (Å²) in [5.74, 6) is -2.93. The van der Waals surface area contributed by atoms with Crippen LogP contribution in [0.4, 0.5) is 0 Å². The predicted molar refractivity (Wildman–Crippen MR) is 108 cm³/mol. The molecule has 9 nitrogen and oxygen atoms in total. The van der Waals surface area contributed by atoms with Crippen molar-refractivity contribution < 1.29 is 39.2 Å². The number of phenolic OH excluding ortho intramolecular Hbond substituents is 2. The van der Waals surface area contributed by atoms with Gasteiger partial charge in [-0.2, -0.15) is 0 Å². The number of carbonyl (C=O) groups is 3. The molecule has 3 rings (SSSR count). The Balaban J connectivity index is 2.29. The van der Waals surface area contributed by atoms with Crippen LogP contribution >= 0.6 is 0 Å². The minimum Gasteiger partial charge on any atom is -0.508 e. The Labute approximate surface area is 177 Å². The summed E-state index contributed by atoms with van der Waals surface area (Å²) in [4.78, 5) is 39.0. The van der Waals surface area contributed by atoms with E-state index in [9.17, 15) is 29.7 Å². The SMILES string of the molecule is CCOC(=O)CN1C(=O)C(c2ccc(O)cc2)=C(c2ccc(O)cc2)C1(O)C(=O)OC. The van der Waals surface area contributed by atoms with Gasteiger partial charge in [0.25, 0.3) is 11.6 Å². The van der Waals surface area contributed by atoms with Gasteiger partial charge in [-0.15, -0.1) is 0 Å². The van der Waals surface area contributed by atoms with Crippen molar-refractivity contribution >= 4 is 29.0 Å². The molecule has 31 heavy (non-hydrogen) atoms. The monoisotopic (exact) mass is 427 g/mol. The van der Waals surface area contributed by atoms with Gasteiger partial charge in [-0.25, -0.2) is 4.79 Å². The van der Waals surface area contributed by atoms with E-state index in [0.29, 0.717) is 10.5 Å². The summed E-state index contributed by atoms with van der Waals surface area (Å²) < 4.78 is 9.67. The Hall–Kier alpha value is -3.85. The predicted octanol–water partition coefficient (Wildman–Crippen LogP) is 1.28. The number of methoxy groups -OCH3 is 1. The Morgan fingerprint density at radius 1 is 0.968 bits per heavy atom. The largest absolute Gasteiger partial charge is 0.508 e. The zero-order valence-corrected chi connectivity index (χ0v) is 16.9. The third kappa shape index (κ3) is 3.82. The molecule has 1 aliphatic heterocycles.